The van der Waals surface area contributed by atoms with Gasteiger partial charge >= 0.3 is 0 Å². The number of ketones is 1. The Morgan fingerprint density at radius 3 is 2.69 bits per heavy atom. The van der Waals surface area contributed by atoms with Crippen molar-refractivity contribution in [3.05, 3.63) is 34.6 Å². The van der Waals surface area contributed by atoms with Crippen molar-refractivity contribution in [3.63, 3.8) is 0 Å². The van der Waals surface area contributed by atoms with Crippen molar-refractivity contribution >= 4 is 17.4 Å². The highest BCUT2D eigenvalue weighted by Gasteiger charge is 2.26. The number of halogens is 2. The lowest BCUT2D eigenvalue weighted by Crippen LogP contribution is -2.24. The van der Waals surface area contributed by atoms with Crippen LogP contribution in [-0.4, -0.2) is 19.0 Å². The number of Topliss-reactive ketones (excluding diaryl/α,β-unsaturated/α-hetero) is 1. The van der Waals surface area contributed by atoms with Gasteiger partial charge in [0, 0.05) is 19.1 Å². The van der Waals surface area contributed by atoms with Gasteiger partial charge in [-0.3, -0.25) is 4.79 Å². The van der Waals surface area contributed by atoms with E-state index in [1.54, 1.807) is 0 Å². The van der Waals surface area contributed by atoms with Gasteiger partial charge in [0.25, 0.3) is 0 Å². The van der Waals surface area contributed by atoms with E-state index >= 15 is 0 Å². The Balaban J connectivity index is 2.26. The number of rotatable bonds is 2. The number of benzene rings is 1. The van der Waals surface area contributed by atoms with Gasteiger partial charge in [0.2, 0.25) is 0 Å². The molecule has 1 fully saturated rings. The van der Waals surface area contributed by atoms with Crippen molar-refractivity contribution in [1.82, 2.24) is 0 Å². The first-order valence-corrected chi connectivity index (χ1v) is 5.64. The summed E-state index contributed by atoms with van der Waals surface area (Å²) >= 11 is 5.85. The standard InChI is InChI=1S/C12H12ClFO2/c13-9-2-1-3-10(14)11(9)12(15)8-4-6-16-7-5-8/h1-3,8H,4-7H2. The van der Waals surface area contributed by atoms with Crippen LogP contribution in [0.3, 0.4) is 0 Å². The highest BCUT2D eigenvalue weighted by atomic mass is 35.5. The summed E-state index contributed by atoms with van der Waals surface area (Å²) in [4.78, 5) is 12.1. The van der Waals surface area contributed by atoms with Crippen molar-refractivity contribution in [1.29, 1.82) is 0 Å². The molecular weight excluding hydrogens is 231 g/mol. The third-order valence-electron chi connectivity index (χ3n) is 2.80. The third-order valence-corrected chi connectivity index (χ3v) is 3.12. The van der Waals surface area contributed by atoms with E-state index in [0.29, 0.717) is 26.1 Å². The molecule has 0 unspecified atom stereocenters. The normalized spacial score (nSPS) is 17.4. The molecule has 1 aliphatic rings. The number of carbonyl (C=O) groups is 1. The maximum atomic E-state index is 13.5. The monoisotopic (exact) mass is 242 g/mol. The highest BCUT2D eigenvalue weighted by Crippen LogP contribution is 2.26. The molecule has 86 valence electrons. The van der Waals surface area contributed by atoms with Gasteiger partial charge in [0.05, 0.1) is 10.6 Å². The van der Waals surface area contributed by atoms with Gasteiger partial charge in [-0.1, -0.05) is 17.7 Å². The zero-order valence-electron chi connectivity index (χ0n) is 8.71. The van der Waals surface area contributed by atoms with Crippen LogP contribution < -0.4 is 0 Å². The molecular formula is C12H12ClFO2. The molecule has 0 atom stereocenters. The van der Waals surface area contributed by atoms with Gasteiger partial charge in [-0.05, 0) is 25.0 Å². The van der Waals surface area contributed by atoms with E-state index in [0.717, 1.165) is 0 Å². The first-order valence-electron chi connectivity index (χ1n) is 5.26. The fourth-order valence-corrected chi connectivity index (χ4v) is 2.15. The van der Waals surface area contributed by atoms with Gasteiger partial charge in [-0.2, -0.15) is 0 Å². The Hall–Kier alpha value is -0.930. The molecule has 1 saturated heterocycles. The SMILES string of the molecule is O=C(c1c(F)cccc1Cl)C1CCOCC1. The average molecular weight is 243 g/mol. The van der Waals surface area contributed by atoms with Crippen LogP contribution >= 0.6 is 11.6 Å². The second kappa shape index (κ2) is 4.93. The minimum absolute atomic E-state index is 0.0241. The molecule has 0 amide bonds. The number of hydrogen-bond acceptors (Lipinski definition) is 2. The van der Waals surface area contributed by atoms with Gasteiger partial charge in [-0.25, -0.2) is 4.39 Å². The Morgan fingerprint density at radius 1 is 1.38 bits per heavy atom. The molecule has 0 N–H and O–H groups in total. The minimum Gasteiger partial charge on any atom is -0.381 e. The van der Waals surface area contributed by atoms with E-state index in [2.05, 4.69) is 0 Å². The molecule has 1 aliphatic heterocycles. The molecule has 0 spiro atoms. The van der Waals surface area contributed by atoms with E-state index in [4.69, 9.17) is 16.3 Å². The molecule has 0 aromatic heterocycles. The second-order valence-corrected chi connectivity index (χ2v) is 4.25. The van der Waals surface area contributed by atoms with Crippen molar-refractivity contribution < 1.29 is 13.9 Å². The number of ether oxygens (including phenoxy) is 1. The summed E-state index contributed by atoms with van der Waals surface area (Å²) in [6, 6.07) is 4.30. The smallest absolute Gasteiger partial charge is 0.170 e. The topological polar surface area (TPSA) is 26.3 Å². The average Bonchev–Trinajstić information content (AvgIpc) is 2.30. The molecule has 0 bridgehead atoms. The van der Waals surface area contributed by atoms with Crippen LogP contribution in [-0.2, 0) is 4.74 Å². The molecule has 1 aromatic carbocycles. The molecule has 2 nitrogen and oxygen atoms in total. The Bertz CT molecular complexity index is 380. The van der Waals surface area contributed by atoms with Crippen molar-refractivity contribution in [2.75, 3.05) is 13.2 Å². The minimum atomic E-state index is -0.538. The van der Waals surface area contributed by atoms with E-state index in [-0.39, 0.29) is 22.3 Å². The van der Waals surface area contributed by atoms with Crippen LogP contribution in [0.2, 0.25) is 5.02 Å². The van der Waals surface area contributed by atoms with Crippen molar-refractivity contribution in [2.45, 2.75) is 12.8 Å². The summed E-state index contributed by atoms with van der Waals surface area (Å²) in [5.74, 6) is -0.904. The van der Waals surface area contributed by atoms with Gasteiger partial charge in [0.1, 0.15) is 5.82 Å². The summed E-state index contributed by atoms with van der Waals surface area (Å²) in [7, 11) is 0. The molecule has 4 heteroatoms. The molecule has 1 aromatic rings. The van der Waals surface area contributed by atoms with E-state index in [1.165, 1.54) is 18.2 Å². The van der Waals surface area contributed by atoms with E-state index < -0.39 is 5.82 Å². The molecule has 0 aliphatic carbocycles. The summed E-state index contributed by atoms with van der Waals surface area (Å²) in [5, 5.41) is 0.191. The fraction of sp³-hybridized carbons (Fsp3) is 0.417. The Morgan fingerprint density at radius 2 is 2.06 bits per heavy atom. The van der Waals surface area contributed by atoms with Gasteiger partial charge < -0.3 is 4.74 Å². The third kappa shape index (κ3) is 2.25. The first-order chi connectivity index (χ1) is 7.70. The van der Waals surface area contributed by atoms with Crippen LogP contribution in [0.1, 0.15) is 23.2 Å². The molecule has 16 heavy (non-hydrogen) atoms. The highest BCUT2D eigenvalue weighted by molar-refractivity contribution is 6.34. The van der Waals surface area contributed by atoms with Crippen LogP contribution in [0.5, 0.6) is 0 Å². The quantitative estimate of drug-likeness (QED) is 0.745. The molecule has 1 heterocycles. The zero-order valence-corrected chi connectivity index (χ0v) is 9.47. The lowest BCUT2D eigenvalue weighted by molar-refractivity contribution is 0.0542. The lowest BCUT2D eigenvalue weighted by Gasteiger charge is -2.21. The Kier molecular flexibility index (Phi) is 3.56. The van der Waals surface area contributed by atoms with Crippen molar-refractivity contribution in [2.24, 2.45) is 5.92 Å². The summed E-state index contributed by atoms with van der Waals surface area (Å²) in [6.45, 7) is 1.12. The predicted molar refractivity (Wildman–Crippen MR) is 59.3 cm³/mol. The molecule has 2 rings (SSSR count). The number of carbonyl (C=O) groups excluding carboxylic acids is 1. The van der Waals surface area contributed by atoms with Crippen LogP contribution in [0, 0.1) is 11.7 Å². The van der Waals surface area contributed by atoms with Gasteiger partial charge in [0.15, 0.2) is 5.78 Å². The Labute approximate surface area is 98.4 Å². The second-order valence-electron chi connectivity index (χ2n) is 3.85. The number of hydrogen-bond donors (Lipinski definition) is 0. The molecule has 0 saturated carbocycles. The van der Waals surface area contributed by atoms with E-state index in [1.807, 2.05) is 0 Å². The summed E-state index contributed by atoms with van der Waals surface area (Å²) < 4.78 is 18.7. The fourth-order valence-electron chi connectivity index (χ4n) is 1.90. The lowest BCUT2D eigenvalue weighted by atomic mass is 9.91. The van der Waals surface area contributed by atoms with Crippen LogP contribution in [0.15, 0.2) is 18.2 Å². The molecule has 0 radical (unpaired) electrons. The van der Waals surface area contributed by atoms with Crippen LogP contribution in [0.4, 0.5) is 4.39 Å². The van der Waals surface area contributed by atoms with Gasteiger partial charge in [-0.15, -0.1) is 0 Å². The maximum absolute atomic E-state index is 13.5. The van der Waals surface area contributed by atoms with Crippen LogP contribution in [0.25, 0.3) is 0 Å². The summed E-state index contributed by atoms with van der Waals surface area (Å²) in [6.07, 6.45) is 1.28. The van der Waals surface area contributed by atoms with E-state index in [9.17, 15) is 9.18 Å². The summed E-state index contributed by atoms with van der Waals surface area (Å²) in [5.41, 5.74) is 0.0241. The van der Waals surface area contributed by atoms with Crippen molar-refractivity contribution in [3.8, 4) is 0 Å². The first kappa shape index (κ1) is 11.6. The maximum Gasteiger partial charge on any atom is 0.170 e. The predicted octanol–water partition coefficient (Wildman–Crippen LogP) is 3.09. The zero-order chi connectivity index (χ0) is 11.5. The largest absolute Gasteiger partial charge is 0.381 e.